The zero-order chi connectivity index (χ0) is 17.2. The summed E-state index contributed by atoms with van der Waals surface area (Å²) in [7, 11) is -1.55. The number of nitrogens with one attached hydrogen (secondary N) is 1. The van der Waals surface area contributed by atoms with E-state index in [4.69, 9.17) is 9.76 Å². The fraction of sp³-hybridized carbons (Fsp3) is 0.333. The van der Waals surface area contributed by atoms with Crippen molar-refractivity contribution in [3.63, 3.8) is 0 Å². The van der Waals surface area contributed by atoms with Gasteiger partial charge in [-0.05, 0) is 29.8 Å². The average Bonchev–Trinajstić information content (AvgIpc) is 2.44. The predicted molar refractivity (Wildman–Crippen MR) is 76.1 cm³/mol. The molecule has 0 radical (unpaired) electrons. The van der Waals surface area contributed by atoms with Crippen LogP contribution in [0.4, 0.5) is 13.2 Å². The Kier molecular flexibility index (Phi) is 5.10. The number of fused-ring (bicyclic) bond motifs is 1. The third-order valence-corrected chi connectivity index (χ3v) is 3.80. The third kappa shape index (κ3) is 4.55. The van der Waals surface area contributed by atoms with Crippen molar-refractivity contribution in [2.24, 2.45) is 0 Å². The molecule has 1 aliphatic rings. The molecule has 0 spiro atoms. The molecular weight excluding hydrogens is 338 g/mol. The number of halogens is 3. The fourth-order valence-electron chi connectivity index (χ4n) is 2.11. The second-order valence-electron chi connectivity index (χ2n) is 4.72. The minimum atomic E-state index is -4.53. The number of thioether (sulfide) groups is 1. The molecule has 0 aliphatic carbocycles. The second kappa shape index (κ2) is 6.71. The molecule has 3 N–H and O–H groups in total. The van der Waals surface area contributed by atoms with E-state index in [-0.39, 0.29) is 17.7 Å². The zero-order valence-corrected chi connectivity index (χ0v) is 12.3. The number of hydrogen-bond acceptors (Lipinski definition) is 5. The largest absolute Gasteiger partial charge is 0.547 e. The maximum atomic E-state index is 12.0. The molecule has 0 saturated carbocycles. The molecule has 1 aromatic carbocycles. The van der Waals surface area contributed by atoms with Gasteiger partial charge in [-0.25, -0.2) is 4.79 Å². The Labute approximate surface area is 133 Å². The van der Waals surface area contributed by atoms with E-state index in [1.54, 1.807) is 6.07 Å². The van der Waals surface area contributed by atoms with Gasteiger partial charge in [0.25, 0.3) is 0 Å². The Balaban J connectivity index is 2.06. The smallest absolute Gasteiger partial charge is 0.534 e. The number of carboxylic acids is 1. The van der Waals surface area contributed by atoms with Gasteiger partial charge in [0.2, 0.25) is 5.91 Å². The van der Waals surface area contributed by atoms with E-state index in [9.17, 15) is 27.8 Å². The number of rotatable bonds is 4. The van der Waals surface area contributed by atoms with E-state index in [0.717, 1.165) is 0 Å². The minimum Gasteiger partial charge on any atom is -0.534 e. The number of benzene rings is 1. The standard InChI is InChI=1S/C12H11BF3NO5S/c14-12(15,16)23-5-9(18)17-8-4-6-2-1-3-7(11(19)20)10(6)22-13(8)21/h1-3,8,21H,4-5H2,(H,17,18)(H,19,20)/t8-/m0/s1. The third-order valence-electron chi connectivity index (χ3n) is 3.06. The van der Waals surface area contributed by atoms with Gasteiger partial charge in [0, 0.05) is 0 Å². The van der Waals surface area contributed by atoms with Crippen molar-refractivity contribution in [2.75, 3.05) is 5.75 Å². The molecule has 0 unspecified atom stereocenters. The summed E-state index contributed by atoms with van der Waals surface area (Å²) in [5, 5.41) is 21.1. The van der Waals surface area contributed by atoms with Gasteiger partial charge in [0.1, 0.15) is 5.75 Å². The van der Waals surface area contributed by atoms with Crippen LogP contribution in [0.25, 0.3) is 0 Å². The Morgan fingerprint density at radius 3 is 2.74 bits per heavy atom. The highest BCUT2D eigenvalue weighted by Crippen LogP contribution is 2.31. The van der Waals surface area contributed by atoms with Crippen LogP contribution in [0.5, 0.6) is 5.75 Å². The number of carboxylic acid groups (broad SMARTS) is 1. The van der Waals surface area contributed by atoms with Crippen LogP contribution in [0.1, 0.15) is 15.9 Å². The van der Waals surface area contributed by atoms with Crippen LogP contribution in [0.2, 0.25) is 0 Å². The van der Waals surface area contributed by atoms with Crippen molar-refractivity contribution in [3.8, 4) is 5.75 Å². The molecule has 2 rings (SSSR count). The van der Waals surface area contributed by atoms with Crippen LogP contribution in [0.15, 0.2) is 18.2 Å². The molecule has 6 nitrogen and oxygen atoms in total. The summed E-state index contributed by atoms with van der Waals surface area (Å²) in [6.07, 6.45) is 0.0417. The number of aromatic carboxylic acids is 1. The highest BCUT2D eigenvalue weighted by Gasteiger charge is 2.38. The number of carbonyl (C=O) groups excluding carboxylic acids is 1. The number of hydrogen-bond donors (Lipinski definition) is 3. The Morgan fingerprint density at radius 2 is 2.13 bits per heavy atom. The van der Waals surface area contributed by atoms with Crippen molar-refractivity contribution >= 4 is 30.8 Å². The first kappa shape index (κ1) is 17.5. The molecule has 1 aliphatic heterocycles. The lowest BCUT2D eigenvalue weighted by molar-refractivity contribution is -0.119. The van der Waals surface area contributed by atoms with E-state index in [1.165, 1.54) is 12.1 Å². The Hall–Kier alpha value is -1.88. The lowest BCUT2D eigenvalue weighted by Gasteiger charge is -2.28. The van der Waals surface area contributed by atoms with Gasteiger partial charge < -0.3 is 20.1 Å². The van der Waals surface area contributed by atoms with Crippen LogP contribution in [0, 0.1) is 0 Å². The maximum absolute atomic E-state index is 12.0. The summed E-state index contributed by atoms with van der Waals surface area (Å²) in [4.78, 5) is 22.6. The number of para-hydroxylation sites is 1. The normalized spacial score (nSPS) is 17.2. The SMILES string of the molecule is O=C(CSC(F)(F)F)N[C@H]1Cc2cccc(C(=O)O)c2OB1O. The van der Waals surface area contributed by atoms with Gasteiger partial charge in [0.15, 0.2) is 0 Å². The first-order valence-electron chi connectivity index (χ1n) is 6.37. The van der Waals surface area contributed by atoms with Crippen molar-refractivity contribution in [1.29, 1.82) is 0 Å². The number of amides is 1. The first-order chi connectivity index (χ1) is 10.7. The molecule has 1 aromatic rings. The van der Waals surface area contributed by atoms with Crippen LogP contribution in [0.3, 0.4) is 0 Å². The molecule has 11 heteroatoms. The quantitative estimate of drug-likeness (QED) is 0.704. The maximum Gasteiger partial charge on any atom is 0.547 e. The topological polar surface area (TPSA) is 95.9 Å². The van der Waals surface area contributed by atoms with E-state index in [0.29, 0.717) is 5.56 Å². The predicted octanol–water partition coefficient (Wildman–Crippen LogP) is 1.08. The minimum absolute atomic E-state index is 0.0114. The highest BCUT2D eigenvalue weighted by molar-refractivity contribution is 8.00. The van der Waals surface area contributed by atoms with Gasteiger partial charge >= 0.3 is 18.6 Å². The Morgan fingerprint density at radius 1 is 1.43 bits per heavy atom. The molecule has 0 aromatic heterocycles. The molecule has 0 bridgehead atoms. The van der Waals surface area contributed by atoms with Crippen LogP contribution < -0.4 is 9.97 Å². The summed E-state index contributed by atoms with van der Waals surface area (Å²) < 4.78 is 41.2. The highest BCUT2D eigenvalue weighted by atomic mass is 32.2. The van der Waals surface area contributed by atoms with E-state index in [2.05, 4.69) is 5.32 Å². The molecule has 1 amide bonds. The van der Waals surface area contributed by atoms with Crippen molar-refractivity contribution in [1.82, 2.24) is 5.32 Å². The number of carbonyl (C=O) groups is 2. The van der Waals surface area contributed by atoms with Gasteiger partial charge in [0.05, 0.1) is 17.3 Å². The Bertz CT molecular complexity index is 627. The summed E-state index contributed by atoms with van der Waals surface area (Å²) in [6, 6.07) is 4.33. The fourth-order valence-corrected chi connectivity index (χ4v) is 2.49. The van der Waals surface area contributed by atoms with Gasteiger partial charge in [-0.2, -0.15) is 13.2 Å². The van der Waals surface area contributed by atoms with E-state index in [1.807, 2.05) is 0 Å². The van der Waals surface area contributed by atoms with Crippen LogP contribution in [-0.4, -0.2) is 46.3 Å². The zero-order valence-electron chi connectivity index (χ0n) is 11.5. The van der Waals surface area contributed by atoms with Gasteiger partial charge in [-0.15, -0.1) is 0 Å². The van der Waals surface area contributed by atoms with Crippen molar-refractivity contribution in [3.05, 3.63) is 29.3 Å². The molecule has 0 fully saturated rings. The second-order valence-corrected chi connectivity index (χ2v) is 5.76. The van der Waals surface area contributed by atoms with Gasteiger partial charge in [-0.3, -0.25) is 4.79 Å². The summed E-state index contributed by atoms with van der Waals surface area (Å²) in [5.41, 5.74) is -4.23. The van der Waals surface area contributed by atoms with Crippen molar-refractivity contribution in [2.45, 2.75) is 17.9 Å². The molecular formula is C12H11BF3NO5S. The molecule has 23 heavy (non-hydrogen) atoms. The molecule has 0 saturated heterocycles. The monoisotopic (exact) mass is 349 g/mol. The average molecular weight is 349 g/mol. The summed E-state index contributed by atoms with van der Waals surface area (Å²) in [6.45, 7) is 0. The first-order valence-corrected chi connectivity index (χ1v) is 7.36. The lowest BCUT2D eigenvalue weighted by atomic mass is 9.72. The van der Waals surface area contributed by atoms with Gasteiger partial charge in [-0.1, -0.05) is 12.1 Å². The lowest BCUT2D eigenvalue weighted by Crippen LogP contribution is -2.53. The van der Waals surface area contributed by atoms with Crippen molar-refractivity contribution < 1.29 is 37.5 Å². The van der Waals surface area contributed by atoms with Crippen LogP contribution >= 0.6 is 11.8 Å². The summed E-state index contributed by atoms with van der Waals surface area (Å²) in [5.74, 6) is -3.96. The molecule has 1 atom stereocenters. The molecule has 124 valence electrons. The van der Waals surface area contributed by atoms with E-state index >= 15 is 0 Å². The molecule has 1 heterocycles. The number of alkyl halides is 3. The summed E-state index contributed by atoms with van der Waals surface area (Å²) >= 11 is -0.489. The van der Waals surface area contributed by atoms with Crippen LogP contribution in [-0.2, 0) is 11.2 Å². The van der Waals surface area contributed by atoms with E-state index < -0.39 is 48.0 Å².